The third kappa shape index (κ3) is 3.93. The second kappa shape index (κ2) is 9.17. The van der Waals surface area contributed by atoms with Crippen molar-refractivity contribution >= 4 is 21.8 Å². The van der Waals surface area contributed by atoms with Gasteiger partial charge in [0.1, 0.15) is 17.3 Å². The highest BCUT2D eigenvalue weighted by molar-refractivity contribution is 6.10. The fraction of sp³-hybridized carbons (Fsp3) is 0.0667. The van der Waals surface area contributed by atoms with Gasteiger partial charge in [0.15, 0.2) is 0 Å². The first kappa shape index (κ1) is 21.8. The number of benzene rings is 3. The minimum absolute atomic E-state index is 0.00680. The first-order chi connectivity index (χ1) is 17.7. The fourth-order valence-electron chi connectivity index (χ4n) is 4.52. The van der Waals surface area contributed by atoms with Crippen molar-refractivity contribution in [2.45, 2.75) is 6.61 Å². The van der Waals surface area contributed by atoms with Gasteiger partial charge in [-0.25, -0.2) is 9.97 Å². The Hall–Kier alpha value is -4.68. The number of aliphatic hydroxyl groups excluding tert-OH is 1. The lowest BCUT2D eigenvalue weighted by Crippen LogP contribution is -1.96. The number of aliphatic hydroxyl groups is 1. The molecule has 0 aliphatic heterocycles. The molecule has 0 saturated carbocycles. The van der Waals surface area contributed by atoms with Gasteiger partial charge in [0.25, 0.3) is 0 Å². The van der Waals surface area contributed by atoms with E-state index < -0.39 is 0 Å². The van der Waals surface area contributed by atoms with Gasteiger partial charge in [-0.3, -0.25) is 4.57 Å². The third-order valence-electron chi connectivity index (χ3n) is 6.20. The van der Waals surface area contributed by atoms with Crippen LogP contribution in [-0.2, 0) is 6.61 Å². The number of pyridine rings is 2. The van der Waals surface area contributed by atoms with Gasteiger partial charge in [0, 0.05) is 35.3 Å². The van der Waals surface area contributed by atoms with Gasteiger partial charge in [-0.1, -0.05) is 30.3 Å². The average Bonchev–Trinajstić information content (AvgIpc) is 3.26. The van der Waals surface area contributed by atoms with Crippen LogP contribution in [-0.4, -0.2) is 26.8 Å². The van der Waals surface area contributed by atoms with Crippen LogP contribution in [0.1, 0.15) is 5.56 Å². The zero-order valence-electron chi connectivity index (χ0n) is 19.6. The van der Waals surface area contributed by atoms with Gasteiger partial charge >= 0.3 is 0 Å². The summed E-state index contributed by atoms with van der Waals surface area (Å²) in [5.74, 6) is 2.68. The van der Waals surface area contributed by atoms with E-state index in [1.54, 1.807) is 19.5 Å². The summed E-state index contributed by atoms with van der Waals surface area (Å²) in [5, 5.41) is 11.9. The predicted molar refractivity (Wildman–Crippen MR) is 141 cm³/mol. The second-order valence-electron chi connectivity index (χ2n) is 8.43. The van der Waals surface area contributed by atoms with Crippen molar-refractivity contribution in [3.05, 3.63) is 109 Å². The van der Waals surface area contributed by atoms with E-state index in [1.807, 2.05) is 72.8 Å². The Balaban J connectivity index is 1.54. The zero-order valence-corrected chi connectivity index (χ0v) is 19.6. The maximum atomic E-state index is 9.72. The smallest absolute Gasteiger partial charge is 0.219 e. The standard InChI is InChI=1S/C30H23N3O3/c1-35-23-15-22(16-24(18-23)36-30-7-3-5-13-32-30)21-9-10-25-26-14-20(19-34)8-11-27(26)33(28(25)17-21)29-6-2-4-12-31-29/h2-18,34H,19H2,1H3. The maximum Gasteiger partial charge on any atom is 0.219 e. The van der Waals surface area contributed by atoms with E-state index in [0.717, 1.165) is 44.3 Å². The summed E-state index contributed by atoms with van der Waals surface area (Å²) in [6.07, 6.45) is 3.49. The molecule has 0 fully saturated rings. The molecule has 1 N–H and O–H groups in total. The Morgan fingerprint density at radius 2 is 1.56 bits per heavy atom. The van der Waals surface area contributed by atoms with Crippen LogP contribution in [0.5, 0.6) is 17.4 Å². The summed E-state index contributed by atoms with van der Waals surface area (Å²) in [7, 11) is 1.64. The summed E-state index contributed by atoms with van der Waals surface area (Å²) >= 11 is 0. The number of aromatic nitrogens is 3. The van der Waals surface area contributed by atoms with E-state index in [0.29, 0.717) is 17.4 Å². The molecule has 0 aliphatic rings. The molecular formula is C30H23N3O3. The van der Waals surface area contributed by atoms with E-state index in [1.165, 1.54) is 0 Å². The molecule has 3 aromatic heterocycles. The van der Waals surface area contributed by atoms with Gasteiger partial charge < -0.3 is 14.6 Å². The highest BCUT2D eigenvalue weighted by atomic mass is 16.5. The summed E-state index contributed by atoms with van der Waals surface area (Å²) in [4.78, 5) is 8.89. The third-order valence-corrected chi connectivity index (χ3v) is 6.20. The van der Waals surface area contributed by atoms with Crippen LogP contribution >= 0.6 is 0 Å². The highest BCUT2D eigenvalue weighted by Gasteiger charge is 2.15. The van der Waals surface area contributed by atoms with Crippen LogP contribution in [0.3, 0.4) is 0 Å². The van der Waals surface area contributed by atoms with Crippen molar-refractivity contribution < 1.29 is 14.6 Å². The van der Waals surface area contributed by atoms with Gasteiger partial charge in [-0.2, -0.15) is 0 Å². The van der Waals surface area contributed by atoms with Crippen LogP contribution in [0.15, 0.2) is 103 Å². The molecule has 0 aliphatic carbocycles. The van der Waals surface area contributed by atoms with Crippen molar-refractivity contribution in [3.8, 4) is 34.3 Å². The summed E-state index contributed by atoms with van der Waals surface area (Å²) in [6.45, 7) is -0.00680. The van der Waals surface area contributed by atoms with E-state index in [-0.39, 0.29) is 6.61 Å². The number of hydrogen-bond acceptors (Lipinski definition) is 5. The summed E-state index contributed by atoms with van der Waals surface area (Å²) in [5.41, 5.74) is 4.88. The van der Waals surface area contributed by atoms with Crippen LogP contribution in [0.25, 0.3) is 38.8 Å². The zero-order chi connectivity index (χ0) is 24.5. The first-order valence-electron chi connectivity index (χ1n) is 11.6. The Labute approximate surface area is 208 Å². The largest absolute Gasteiger partial charge is 0.497 e. The minimum atomic E-state index is -0.00680. The lowest BCUT2D eigenvalue weighted by Gasteiger charge is -2.11. The Kier molecular flexibility index (Phi) is 5.56. The molecule has 0 radical (unpaired) electrons. The maximum absolute atomic E-state index is 9.72. The predicted octanol–water partition coefficient (Wildman–Crippen LogP) is 6.53. The molecule has 36 heavy (non-hydrogen) atoms. The van der Waals surface area contributed by atoms with Crippen LogP contribution in [0.2, 0.25) is 0 Å². The van der Waals surface area contributed by atoms with E-state index in [2.05, 4.69) is 32.7 Å². The second-order valence-corrected chi connectivity index (χ2v) is 8.43. The Morgan fingerprint density at radius 3 is 2.31 bits per heavy atom. The summed E-state index contributed by atoms with van der Waals surface area (Å²) < 4.78 is 13.7. The van der Waals surface area contributed by atoms with Gasteiger partial charge in [-0.15, -0.1) is 0 Å². The topological polar surface area (TPSA) is 69.4 Å². The van der Waals surface area contributed by atoms with Crippen LogP contribution < -0.4 is 9.47 Å². The van der Waals surface area contributed by atoms with Crippen molar-refractivity contribution in [2.24, 2.45) is 0 Å². The summed E-state index contributed by atoms with van der Waals surface area (Å²) in [6, 6.07) is 29.7. The molecule has 6 heteroatoms. The van der Waals surface area contributed by atoms with E-state index >= 15 is 0 Å². The number of methoxy groups -OCH3 is 1. The van der Waals surface area contributed by atoms with E-state index in [9.17, 15) is 5.11 Å². The number of hydrogen-bond donors (Lipinski definition) is 1. The van der Waals surface area contributed by atoms with Crippen LogP contribution in [0.4, 0.5) is 0 Å². The Bertz CT molecular complexity index is 1680. The SMILES string of the molecule is COc1cc(Oc2ccccn2)cc(-c2ccc3c4cc(CO)ccc4n(-c4ccccn4)c3c2)c1. The first-order valence-corrected chi connectivity index (χ1v) is 11.6. The molecule has 6 nitrogen and oxygen atoms in total. The molecule has 0 atom stereocenters. The molecule has 0 unspecified atom stereocenters. The lowest BCUT2D eigenvalue weighted by atomic mass is 10.0. The van der Waals surface area contributed by atoms with Crippen LogP contribution in [0, 0.1) is 0 Å². The molecule has 0 saturated heterocycles. The molecule has 0 spiro atoms. The normalized spacial score (nSPS) is 11.2. The molecule has 3 heterocycles. The monoisotopic (exact) mass is 473 g/mol. The molecule has 3 aromatic carbocycles. The van der Waals surface area contributed by atoms with Crippen molar-refractivity contribution in [3.63, 3.8) is 0 Å². The lowest BCUT2D eigenvalue weighted by molar-refractivity contribution is 0.282. The van der Waals surface area contributed by atoms with Crippen molar-refractivity contribution in [1.29, 1.82) is 0 Å². The molecule has 0 amide bonds. The number of fused-ring (bicyclic) bond motifs is 3. The van der Waals surface area contributed by atoms with Gasteiger partial charge in [0.05, 0.1) is 24.8 Å². The molecule has 6 rings (SSSR count). The number of ether oxygens (including phenoxy) is 2. The van der Waals surface area contributed by atoms with Gasteiger partial charge in [-0.05, 0) is 65.2 Å². The van der Waals surface area contributed by atoms with Gasteiger partial charge in [0.2, 0.25) is 5.88 Å². The van der Waals surface area contributed by atoms with E-state index in [4.69, 9.17) is 9.47 Å². The quantitative estimate of drug-likeness (QED) is 0.298. The Morgan fingerprint density at radius 1 is 0.722 bits per heavy atom. The molecule has 0 bridgehead atoms. The minimum Gasteiger partial charge on any atom is -0.497 e. The van der Waals surface area contributed by atoms with Crippen molar-refractivity contribution in [2.75, 3.05) is 7.11 Å². The molecular weight excluding hydrogens is 450 g/mol. The number of nitrogens with zero attached hydrogens (tertiary/aromatic N) is 3. The van der Waals surface area contributed by atoms with Crippen molar-refractivity contribution in [1.82, 2.24) is 14.5 Å². The fourth-order valence-corrected chi connectivity index (χ4v) is 4.52. The number of rotatable bonds is 6. The molecule has 176 valence electrons. The average molecular weight is 474 g/mol. The molecule has 6 aromatic rings. The highest BCUT2D eigenvalue weighted by Crippen LogP contribution is 2.37.